The van der Waals surface area contributed by atoms with Crippen molar-refractivity contribution in [3.05, 3.63) is 0 Å². The van der Waals surface area contributed by atoms with Crippen LogP contribution in [0, 0.1) is 5.41 Å². The summed E-state index contributed by atoms with van der Waals surface area (Å²) in [5.74, 6) is 0. The Morgan fingerprint density at radius 3 is 2.82 bits per heavy atom. The molecule has 1 spiro atoms. The third-order valence-electron chi connectivity index (χ3n) is 4.60. The minimum Gasteiger partial charge on any atom is -0.378 e. The summed E-state index contributed by atoms with van der Waals surface area (Å²) in [6, 6.07) is 0.476. The lowest BCUT2D eigenvalue weighted by Gasteiger charge is -2.42. The fourth-order valence-corrected chi connectivity index (χ4v) is 2.80. The smallest absolute Gasteiger partial charge is 0.109 e. The topological polar surface area (TPSA) is 30.5 Å². The normalized spacial score (nSPS) is 34.4. The van der Waals surface area contributed by atoms with Gasteiger partial charge in [-0.2, -0.15) is 0 Å². The van der Waals surface area contributed by atoms with Gasteiger partial charge in [0, 0.05) is 25.6 Å². The van der Waals surface area contributed by atoms with Gasteiger partial charge in [-0.15, -0.1) is 0 Å². The largest absolute Gasteiger partial charge is 0.378 e. The molecule has 2 aliphatic heterocycles. The van der Waals surface area contributed by atoms with E-state index in [1.807, 2.05) is 0 Å². The highest BCUT2D eigenvalue weighted by Gasteiger charge is 2.45. The van der Waals surface area contributed by atoms with E-state index in [9.17, 15) is 0 Å². The highest BCUT2D eigenvalue weighted by molar-refractivity contribution is 4.99. The fourth-order valence-electron chi connectivity index (χ4n) is 2.80. The van der Waals surface area contributed by atoms with Crippen LogP contribution in [0.5, 0.6) is 0 Å². The van der Waals surface area contributed by atoms with Gasteiger partial charge >= 0.3 is 0 Å². The third kappa shape index (κ3) is 3.01. The van der Waals surface area contributed by atoms with Crippen LogP contribution in [0.15, 0.2) is 0 Å². The Morgan fingerprint density at radius 2 is 2.18 bits per heavy atom. The van der Waals surface area contributed by atoms with Crippen LogP contribution in [0.1, 0.15) is 46.5 Å². The van der Waals surface area contributed by atoms with Crippen molar-refractivity contribution in [2.45, 2.75) is 58.1 Å². The summed E-state index contributed by atoms with van der Waals surface area (Å²) >= 11 is 0. The number of ether oxygens (including phenoxy) is 2. The van der Waals surface area contributed by atoms with E-state index in [4.69, 9.17) is 9.47 Å². The molecule has 1 N–H and O–H groups in total. The molecule has 2 fully saturated rings. The van der Waals surface area contributed by atoms with Crippen molar-refractivity contribution in [2.24, 2.45) is 5.41 Å². The molecule has 0 aromatic heterocycles. The lowest BCUT2D eigenvalue weighted by molar-refractivity contribution is -0.101. The molecule has 2 atom stereocenters. The number of rotatable bonds is 4. The molecule has 0 aliphatic carbocycles. The van der Waals surface area contributed by atoms with Crippen molar-refractivity contribution >= 4 is 0 Å². The van der Waals surface area contributed by atoms with Crippen molar-refractivity contribution in [2.75, 3.05) is 26.4 Å². The molecule has 0 aromatic rings. The average Bonchev–Trinajstić information content (AvgIpc) is 2.77. The molecule has 2 heterocycles. The van der Waals surface area contributed by atoms with E-state index in [0.29, 0.717) is 11.5 Å². The standard InChI is InChI=1S/C14H27NO2/c1-4-13(2,3)6-5-12-14(7-9-16-11-14)17-10-8-15-12/h12,15H,4-11H2,1-3H3. The predicted molar refractivity (Wildman–Crippen MR) is 69.2 cm³/mol. The van der Waals surface area contributed by atoms with Crippen LogP contribution < -0.4 is 5.32 Å². The van der Waals surface area contributed by atoms with Crippen LogP contribution >= 0.6 is 0 Å². The Labute approximate surface area is 105 Å². The molecule has 0 aromatic carbocycles. The zero-order chi connectivity index (χ0) is 12.4. The van der Waals surface area contributed by atoms with Gasteiger partial charge < -0.3 is 14.8 Å². The second-order valence-corrected chi connectivity index (χ2v) is 6.28. The lowest BCUT2D eigenvalue weighted by atomic mass is 9.80. The van der Waals surface area contributed by atoms with E-state index >= 15 is 0 Å². The van der Waals surface area contributed by atoms with Crippen molar-refractivity contribution in [1.82, 2.24) is 5.32 Å². The van der Waals surface area contributed by atoms with Gasteiger partial charge in [-0.25, -0.2) is 0 Å². The maximum Gasteiger partial charge on any atom is 0.109 e. The summed E-state index contributed by atoms with van der Waals surface area (Å²) in [5, 5.41) is 3.64. The minimum atomic E-state index is -0.0257. The first-order chi connectivity index (χ1) is 8.08. The first-order valence-corrected chi connectivity index (χ1v) is 7.03. The maximum absolute atomic E-state index is 6.05. The molecule has 0 saturated carbocycles. The second-order valence-electron chi connectivity index (χ2n) is 6.28. The van der Waals surface area contributed by atoms with E-state index in [-0.39, 0.29) is 5.60 Å². The molecule has 17 heavy (non-hydrogen) atoms. The molecule has 3 heteroatoms. The number of hydrogen-bond acceptors (Lipinski definition) is 3. The first-order valence-electron chi connectivity index (χ1n) is 7.03. The molecule has 2 rings (SSSR count). The number of nitrogens with one attached hydrogen (secondary N) is 1. The van der Waals surface area contributed by atoms with E-state index in [0.717, 1.165) is 32.8 Å². The molecule has 2 unspecified atom stereocenters. The van der Waals surface area contributed by atoms with Gasteiger partial charge in [-0.3, -0.25) is 0 Å². The van der Waals surface area contributed by atoms with E-state index in [2.05, 4.69) is 26.1 Å². The Hall–Kier alpha value is -0.120. The Kier molecular flexibility index (Phi) is 4.11. The van der Waals surface area contributed by atoms with Crippen molar-refractivity contribution in [1.29, 1.82) is 0 Å². The first kappa shape index (κ1) is 13.3. The van der Waals surface area contributed by atoms with Crippen LogP contribution in [0.25, 0.3) is 0 Å². The molecule has 2 aliphatic rings. The van der Waals surface area contributed by atoms with Crippen molar-refractivity contribution in [3.8, 4) is 0 Å². The molecule has 2 saturated heterocycles. The number of morpholine rings is 1. The highest BCUT2D eigenvalue weighted by atomic mass is 16.6. The highest BCUT2D eigenvalue weighted by Crippen LogP contribution is 2.34. The minimum absolute atomic E-state index is 0.0257. The zero-order valence-corrected chi connectivity index (χ0v) is 11.6. The Balaban J connectivity index is 1.93. The lowest BCUT2D eigenvalue weighted by Crippen LogP contribution is -2.58. The van der Waals surface area contributed by atoms with Crippen LogP contribution in [0.3, 0.4) is 0 Å². The molecule has 3 nitrogen and oxygen atoms in total. The summed E-state index contributed by atoms with van der Waals surface area (Å²) in [5.41, 5.74) is 0.419. The quantitative estimate of drug-likeness (QED) is 0.819. The summed E-state index contributed by atoms with van der Waals surface area (Å²) in [6.45, 7) is 10.4. The molecule has 0 bridgehead atoms. The summed E-state index contributed by atoms with van der Waals surface area (Å²) in [4.78, 5) is 0. The third-order valence-corrected chi connectivity index (χ3v) is 4.60. The van der Waals surface area contributed by atoms with Gasteiger partial charge in [0.1, 0.15) is 5.60 Å². The van der Waals surface area contributed by atoms with Gasteiger partial charge in [0.2, 0.25) is 0 Å². The average molecular weight is 241 g/mol. The van der Waals surface area contributed by atoms with Crippen molar-refractivity contribution in [3.63, 3.8) is 0 Å². The molecular formula is C14H27NO2. The second kappa shape index (κ2) is 5.25. The zero-order valence-electron chi connectivity index (χ0n) is 11.6. The summed E-state index contributed by atoms with van der Waals surface area (Å²) in [6.07, 6.45) is 4.75. The van der Waals surface area contributed by atoms with E-state index in [1.165, 1.54) is 19.3 Å². The predicted octanol–water partition coefficient (Wildman–Crippen LogP) is 2.35. The van der Waals surface area contributed by atoms with Gasteiger partial charge in [0.15, 0.2) is 0 Å². The van der Waals surface area contributed by atoms with Gasteiger partial charge in [-0.1, -0.05) is 27.2 Å². The molecule has 100 valence electrons. The summed E-state index contributed by atoms with van der Waals surface area (Å²) in [7, 11) is 0. The number of hydrogen-bond donors (Lipinski definition) is 1. The van der Waals surface area contributed by atoms with Crippen LogP contribution in [-0.4, -0.2) is 38.0 Å². The maximum atomic E-state index is 6.05. The van der Waals surface area contributed by atoms with Crippen LogP contribution in [0.4, 0.5) is 0 Å². The SMILES string of the molecule is CCC(C)(C)CCC1NCCOC12CCOC2. The fraction of sp³-hybridized carbons (Fsp3) is 1.00. The summed E-state index contributed by atoms with van der Waals surface area (Å²) < 4.78 is 11.6. The monoisotopic (exact) mass is 241 g/mol. The van der Waals surface area contributed by atoms with Crippen LogP contribution in [-0.2, 0) is 9.47 Å². The Bertz CT molecular complexity index is 247. The van der Waals surface area contributed by atoms with E-state index in [1.54, 1.807) is 0 Å². The molecule has 0 amide bonds. The van der Waals surface area contributed by atoms with Gasteiger partial charge in [0.05, 0.1) is 13.2 Å². The van der Waals surface area contributed by atoms with Crippen LogP contribution in [0.2, 0.25) is 0 Å². The molecular weight excluding hydrogens is 214 g/mol. The van der Waals surface area contributed by atoms with Crippen molar-refractivity contribution < 1.29 is 9.47 Å². The van der Waals surface area contributed by atoms with Gasteiger partial charge in [-0.05, 0) is 18.3 Å². The van der Waals surface area contributed by atoms with E-state index < -0.39 is 0 Å². The Morgan fingerprint density at radius 1 is 1.35 bits per heavy atom. The molecule has 0 radical (unpaired) electrons. The van der Waals surface area contributed by atoms with Gasteiger partial charge in [0.25, 0.3) is 0 Å².